The van der Waals surface area contributed by atoms with Crippen LogP contribution in [0, 0.1) is 6.92 Å². The number of carbonyl (C=O) groups excluding carboxylic acids is 2. The Labute approximate surface area is 204 Å². The number of aryl methyl sites for hydroxylation is 1. The molecule has 1 atom stereocenters. The Hall–Kier alpha value is -2.44. The van der Waals surface area contributed by atoms with Gasteiger partial charge in [0, 0.05) is 23.3 Å². The second kappa shape index (κ2) is 9.07. The van der Waals surface area contributed by atoms with Crippen molar-refractivity contribution in [2.45, 2.75) is 45.6 Å². The van der Waals surface area contributed by atoms with Crippen molar-refractivity contribution in [2.24, 2.45) is 0 Å². The number of fused-ring (bicyclic) bond motifs is 1. The smallest absolute Gasteiger partial charge is 0.293 e. The maximum Gasteiger partial charge on any atom is 0.293 e. The van der Waals surface area contributed by atoms with E-state index in [4.69, 9.17) is 16.3 Å². The average Bonchev–Trinajstić information content (AvgIpc) is 3.01. The fourth-order valence-corrected chi connectivity index (χ4v) is 5.51. The first-order valence-electron chi connectivity index (χ1n) is 11.1. The van der Waals surface area contributed by atoms with Crippen LogP contribution in [0.25, 0.3) is 6.08 Å². The lowest BCUT2D eigenvalue weighted by atomic mass is 9.80. The summed E-state index contributed by atoms with van der Waals surface area (Å²) in [4.78, 5) is 29.3. The Morgan fingerprint density at radius 3 is 2.61 bits per heavy atom. The third-order valence-corrected chi connectivity index (χ3v) is 7.75. The molecule has 5 nitrogen and oxygen atoms in total. The van der Waals surface area contributed by atoms with Crippen molar-refractivity contribution >= 4 is 46.3 Å². The molecule has 0 N–H and O–H groups in total. The van der Waals surface area contributed by atoms with Gasteiger partial charge in [-0.15, -0.1) is 0 Å². The Morgan fingerprint density at radius 1 is 1.21 bits per heavy atom. The van der Waals surface area contributed by atoms with Crippen LogP contribution in [0.1, 0.15) is 49.8 Å². The standard InChI is InChI=1S/C26H29ClN2O3S/c1-16-6-8-19(9-7-16)32-11-10-29-24(30)23(33-25(29)31)13-18-12-20-17(2)15-26(3,4)28(5)22(20)14-21(18)27/h6-9,12-14,17H,10-11,15H2,1-5H3/b23-13+. The van der Waals surface area contributed by atoms with Gasteiger partial charge in [-0.05, 0) is 86.3 Å². The number of hydrogen-bond donors (Lipinski definition) is 0. The highest BCUT2D eigenvalue weighted by molar-refractivity contribution is 8.18. The number of amides is 2. The van der Waals surface area contributed by atoms with Crippen LogP contribution in [0.3, 0.4) is 0 Å². The van der Waals surface area contributed by atoms with Gasteiger partial charge in [-0.3, -0.25) is 14.5 Å². The van der Waals surface area contributed by atoms with Crippen molar-refractivity contribution < 1.29 is 14.3 Å². The number of rotatable bonds is 5. The van der Waals surface area contributed by atoms with Gasteiger partial charge in [-0.1, -0.05) is 36.2 Å². The molecule has 1 saturated heterocycles. The van der Waals surface area contributed by atoms with Gasteiger partial charge in [0.15, 0.2) is 0 Å². The number of thioether (sulfide) groups is 1. The van der Waals surface area contributed by atoms with Crippen LogP contribution in [0.2, 0.25) is 5.02 Å². The van der Waals surface area contributed by atoms with Crippen molar-refractivity contribution in [3.63, 3.8) is 0 Å². The number of nitrogens with zero attached hydrogens (tertiary/aromatic N) is 2. The van der Waals surface area contributed by atoms with E-state index in [1.54, 1.807) is 6.08 Å². The van der Waals surface area contributed by atoms with Crippen LogP contribution in [-0.2, 0) is 4.79 Å². The van der Waals surface area contributed by atoms with E-state index < -0.39 is 0 Å². The molecule has 2 heterocycles. The first kappa shape index (κ1) is 23.7. The van der Waals surface area contributed by atoms with Crippen molar-refractivity contribution in [3.05, 3.63) is 63.0 Å². The Morgan fingerprint density at radius 2 is 1.91 bits per heavy atom. The van der Waals surface area contributed by atoms with Crippen molar-refractivity contribution in [1.82, 2.24) is 4.90 Å². The molecular formula is C26H29ClN2O3S. The highest BCUT2D eigenvalue weighted by Gasteiger charge is 2.36. The lowest BCUT2D eigenvalue weighted by Crippen LogP contribution is -2.45. The maximum atomic E-state index is 12.9. The van der Waals surface area contributed by atoms with Crippen LogP contribution < -0.4 is 9.64 Å². The van der Waals surface area contributed by atoms with E-state index in [-0.39, 0.29) is 29.8 Å². The Bertz CT molecular complexity index is 1130. The molecule has 0 bridgehead atoms. The zero-order valence-electron chi connectivity index (χ0n) is 19.6. The number of halogens is 1. The summed E-state index contributed by atoms with van der Waals surface area (Å²) in [6.45, 7) is 9.12. The van der Waals surface area contributed by atoms with E-state index in [1.165, 1.54) is 10.5 Å². The van der Waals surface area contributed by atoms with Gasteiger partial charge in [0.25, 0.3) is 11.1 Å². The predicted octanol–water partition coefficient (Wildman–Crippen LogP) is 6.49. The summed E-state index contributed by atoms with van der Waals surface area (Å²) in [5.74, 6) is 0.772. The molecule has 1 unspecified atom stereocenters. The topological polar surface area (TPSA) is 49.9 Å². The van der Waals surface area contributed by atoms with Crippen LogP contribution >= 0.6 is 23.4 Å². The number of ether oxygens (including phenoxy) is 1. The molecule has 2 aliphatic rings. The molecule has 2 aliphatic heterocycles. The quantitative estimate of drug-likeness (QED) is 0.454. The van der Waals surface area contributed by atoms with Crippen molar-refractivity contribution in [2.75, 3.05) is 25.1 Å². The lowest BCUT2D eigenvalue weighted by molar-refractivity contribution is -0.123. The molecule has 174 valence electrons. The fraction of sp³-hybridized carbons (Fsp3) is 0.385. The maximum absolute atomic E-state index is 12.9. The van der Waals surface area contributed by atoms with Crippen LogP contribution in [0.4, 0.5) is 10.5 Å². The molecule has 2 aromatic rings. The van der Waals surface area contributed by atoms with Gasteiger partial charge in [0.2, 0.25) is 0 Å². The fourth-order valence-electron chi connectivity index (χ4n) is 4.44. The number of benzene rings is 2. The van der Waals surface area contributed by atoms with E-state index in [0.29, 0.717) is 21.6 Å². The van der Waals surface area contributed by atoms with Crippen LogP contribution in [-0.4, -0.2) is 41.8 Å². The van der Waals surface area contributed by atoms with Gasteiger partial charge in [0.05, 0.1) is 11.4 Å². The molecule has 0 spiro atoms. The molecule has 7 heteroatoms. The molecule has 1 fully saturated rings. The van der Waals surface area contributed by atoms with Gasteiger partial charge in [-0.2, -0.15) is 0 Å². The monoisotopic (exact) mass is 484 g/mol. The van der Waals surface area contributed by atoms with Crippen LogP contribution in [0.5, 0.6) is 5.75 Å². The van der Waals surface area contributed by atoms with E-state index in [9.17, 15) is 9.59 Å². The molecule has 0 aliphatic carbocycles. The van der Waals surface area contributed by atoms with Crippen LogP contribution in [0.15, 0.2) is 41.3 Å². The second-order valence-electron chi connectivity index (χ2n) is 9.40. The number of anilines is 1. The Kier molecular flexibility index (Phi) is 6.52. The summed E-state index contributed by atoms with van der Waals surface area (Å²) < 4.78 is 5.69. The molecule has 2 aromatic carbocycles. The summed E-state index contributed by atoms with van der Waals surface area (Å²) in [5.41, 5.74) is 4.27. The first-order valence-corrected chi connectivity index (χ1v) is 12.3. The normalized spacial score (nSPS) is 21.0. The number of hydrogen-bond acceptors (Lipinski definition) is 5. The van der Waals surface area contributed by atoms with Gasteiger partial charge < -0.3 is 9.64 Å². The van der Waals surface area contributed by atoms with E-state index >= 15 is 0 Å². The Balaban J connectivity index is 1.50. The second-order valence-corrected chi connectivity index (χ2v) is 10.8. The first-order chi connectivity index (χ1) is 15.6. The predicted molar refractivity (Wildman–Crippen MR) is 136 cm³/mol. The third-order valence-electron chi connectivity index (χ3n) is 6.52. The van der Waals surface area contributed by atoms with E-state index in [0.717, 1.165) is 35.0 Å². The van der Waals surface area contributed by atoms with E-state index in [2.05, 4.69) is 38.8 Å². The lowest BCUT2D eigenvalue weighted by Gasteiger charge is -2.45. The summed E-state index contributed by atoms with van der Waals surface area (Å²) in [6, 6.07) is 11.7. The van der Waals surface area contributed by atoms with Crippen molar-refractivity contribution in [3.8, 4) is 5.75 Å². The van der Waals surface area contributed by atoms with Gasteiger partial charge in [-0.25, -0.2) is 0 Å². The molecule has 33 heavy (non-hydrogen) atoms. The summed E-state index contributed by atoms with van der Waals surface area (Å²) >= 11 is 7.56. The largest absolute Gasteiger partial charge is 0.492 e. The molecule has 4 rings (SSSR count). The molecular weight excluding hydrogens is 456 g/mol. The average molecular weight is 485 g/mol. The molecule has 0 radical (unpaired) electrons. The van der Waals surface area contributed by atoms with Gasteiger partial charge in [0.1, 0.15) is 12.4 Å². The molecule has 0 aromatic heterocycles. The molecule has 2 amide bonds. The highest BCUT2D eigenvalue weighted by Crippen LogP contribution is 2.45. The number of imide groups is 1. The van der Waals surface area contributed by atoms with Crippen molar-refractivity contribution in [1.29, 1.82) is 0 Å². The third kappa shape index (κ3) is 4.78. The summed E-state index contributed by atoms with van der Waals surface area (Å²) in [5, 5.41) is 0.280. The minimum Gasteiger partial charge on any atom is -0.492 e. The zero-order chi connectivity index (χ0) is 23.9. The molecule has 0 saturated carbocycles. The summed E-state index contributed by atoms with van der Waals surface area (Å²) in [7, 11) is 2.09. The highest BCUT2D eigenvalue weighted by atomic mass is 35.5. The zero-order valence-corrected chi connectivity index (χ0v) is 21.2. The van der Waals surface area contributed by atoms with Gasteiger partial charge >= 0.3 is 0 Å². The SMILES string of the molecule is Cc1ccc(OCCN2C(=O)S/C(=C/c3cc4c(cc3Cl)N(C)C(C)(C)CC4C)C2=O)cc1. The van der Waals surface area contributed by atoms with E-state index in [1.807, 2.05) is 37.3 Å². The minimum atomic E-state index is -0.308. The number of carbonyl (C=O) groups is 2. The minimum absolute atomic E-state index is 0.0422. The summed E-state index contributed by atoms with van der Waals surface area (Å²) in [6.07, 6.45) is 2.76.